The van der Waals surface area contributed by atoms with Gasteiger partial charge in [-0.05, 0) is 47.1 Å². The Hall–Kier alpha value is -0.820. The Balaban J connectivity index is 2.89. The topological polar surface area (TPSA) is 3.24 Å². The average Bonchev–Trinajstić information content (AvgIpc) is 2.12. The molecule has 0 aliphatic heterocycles. The zero-order chi connectivity index (χ0) is 12.4. The largest absolute Gasteiger partial charge is 0.289 e. The fraction of sp³-hybridized carbons (Fsp3) is 0.600. The van der Waals surface area contributed by atoms with Crippen LogP contribution in [0.25, 0.3) is 0 Å². The molecular weight excluding hydrogens is 194 g/mol. The lowest BCUT2D eigenvalue weighted by atomic mass is 9.95. The molecule has 0 saturated carbocycles. The lowest BCUT2D eigenvalue weighted by Crippen LogP contribution is -2.51. The van der Waals surface area contributed by atoms with E-state index in [4.69, 9.17) is 0 Å². The van der Waals surface area contributed by atoms with Crippen LogP contribution >= 0.6 is 0 Å². The van der Waals surface area contributed by atoms with Gasteiger partial charge in [-0.3, -0.25) is 4.90 Å². The molecule has 1 rings (SSSR count). The lowest BCUT2D eigenvalue weighted by Gasteiger charge is -2.45. The molecule has 0 aromatic heterocycles. The maximum Gasteiger partial charge on any atom is 0.0244 e. The summed E-state index contributed by atoms with van der Waals surface area (Å²) in [6, 6.07) is 10.7. The minimum Gasteiger partial charge on any atom is -0.289 e. The van der Waals surface area contributed by atoms with Crippen LogP contribution in [-0.4, -0.2) is 16.0 Å². The number of hydrogen-bond acceptors (Lipinski definition) is 1. The Morgan fingerprint density at radius 3 is 1.62 bits per heavy atom. The van der Waals surface area contributed by atoms with E-state index in [0.717, 1.165) is 6.54 Å². The highest BCUT2D eigenvalue weighted by atomic mass is 15.2. The smallest absolute Gasteiger partial charge is 0.0244 e. The van der Waals surface area contributed by atoms with Gasteiger partial charge in [0.05, 0.1) is 0 Å². The molecule has 0 aliphatic rings. The van der Waals surface area contributed by atoms with Crippen LogP contribution < -0.4 is 0 Å². The van der Waals surface area contributed by atoms with Gasteiger partial charge in [0.2, 0.25) is 0 Å². The molecule has 16 heavy (non-hydrogen) atoms. The molecule has 1 nitrogen and oxygen atoms in total. The summed E-state index contributed by atoms with van der Waals surface area (Å²) in [7, 11) is 0. The molecule has 0 saturated heterocycles. The van der Waals surface area contributed by atoms with Gasteiger partial charge in [-0.15, -0.1) is 0 Å². The van der Waals surface area contributed by atoms with E-state index in [0.29, 0.717) is 0 Å². The van der Waals surface area contributed by atoms with Gasteiger partial charge >= 0.3 is 0 Å². The van der Waals surface area contributed by atoms with E-state index in [-0.39, 0.29) is 11.1 Å². The Bertz CT molecular complexity index is 300. The monoisotopic (exact) mass is 219 g/mol. The van der Waals surface area contributed by atoms with Gasteiger partial charge in [-0.2, -0.15) is 0 Å². The normalized spacial score (nSPS) is 13.2. The third kappa shape index (κ3) is 3.64. The molecule has 1 aromatic rings. The van der Waals surface area contributed by atoms with E-state index < -0.39 is 0 Å². The molecule has 90 valence electrons. The standard InChI is InChI=1S/C15H25N/c1-14(2,3)16(15(4,5)6)12-13-10-8-7-9-11-13/h7-11H,12H2,1-6H3. The van der Waals surface area contributed by atoms with Crippen molar-refractivity contribution in [3.63, 3.8) is 0 Å². The molecule has 0 amide bonds. The molecule has 0 aliphatic carbocycles. The van der Waals surface area contributed by atoms with Gasteiger partial charge in [-0.25, -0.2) is 0 Å². The first kappa shape index (κ1) is 13.2. The summed E-state index contributed by atoms with van der Waals surface area (Å²) in [5, 5.41) is 0. The van der Waals surface area contributed by atoms with Crippen LogP contribution in [0, 0.1) is 0 Å². The van der Waals surface area contributed by atoms with Crippen molar-refractivity contribution in [1.82, 2.24) is 4.90 Å². The van der Waals surface area contributed by atoms with Crippen molar-refractivity contribution >= 4 is 0 Å². The molecule has 0 fully saturated rings. The second-order valence-corrected chi connectivity index (χ2v) is 6.41. The SMILES string of the molecule is CC(C)(C)N(Cc1ccccc1)C(C)(C)C. The maximum atomic E-state index is 2.54. The summed E-state index contributed by atoms with van der Waals surface area (Å²) in [5.74, 6) is 0. The number of nitrogens with zero attached hydrogens (tertiary/aromatic N) is 1. The van der Waals surface area contributed by atoms with Crippen molar-refractivity contribution < 1.29 is 0 Å². The zero-order valence-corrected chi connectivity index (χ0v) is 11.5. The summed E-state index contributed by atoms with van der Waals surface area (Å²) in [5.41, 5.74) is 1.76. The van der Waals surface area contributed by atoms with Crippen LogP contribution in [0.4, 0.5) is 0 Å². The van der Waals surface area contributed by atoms with Crippen LogP contribution in [0.2, 0.25) is 0 Å². The second kappa shape index (κ2) is 4.58. The van der Waals surface area contributed by atoms with Crippen LogP contribution in [0.15, 0.2) is 30.3 Å². The van der Waals surface area contributed by atoms with Crippen molar-refractivity contribution in [2.24, 2.45) is 0 Å². The average molecular weight is 219 g/mol. The van der Waals surface area contributed by atoms with Crippen molar-refractivity contribution in [3.8, 4) is 0 Å². The van der Waals surface area contributed by atoms with Gasteiger partial charge in [0.25, 0.3) is 0 Å². The van der Waals surface area contributed by atoms with Crippen molar-refractivity contribution in [3.05, 3.63) is 35.9 Å². The van der Waals surface area contributed by atoms with Crippen LogP contribution in [0.5, 0.6) is 0 Å². The summed E-state index contributed by atoms with van der Waals surface area (Å²) < 4.78 is 0. The third-order valence-corrected chi connectivity index (χ3v) is 2.80. The number of hydrogen-bond donors (Lipinski definition) is 0. The van der Waals surface area contributed by atoms with Crippen LogP contribution in [-0.2, 0) is 6.54 Å². The van der Waals surface area contributed by atoms with E-state index in [1.165, 1.54) is 5.56 Å². The Labute approximate surface area is 100 Å². The summed E-state index contributed by atoms with van der Waals surface area (Å²) in [4.78, 5) is 2.54. The van der Waals surface area contributed by atoms with Crippen molar-refractivity contribution in [2.45, 2.75) is 59.2 Å². The van der Waals surface area contributed by atoms with Gasteiger partial charge < -0.3 is 0 Å². The van der Waals surface area contributed by atoms with Crippen molar-refractivity contribution in [2.75, 3.05) is 0 Å². The van der Waals surface area contributed by atoms with Crippen LogP contribution in [0.1, 0.15) is 47.1 Å². The number of benzene rings is 1. The minimum absolute atomic E-state index is 0.189. The van der Waals surface area contributed by atoms with Gasteiger partial charge in [0, 0.05) is 17.6 Å². The lowest BCUT2D eigenvalue weighted by molar-refractivity contribution is 0.0298. The molecule has 0 heterocycles. The second-order valence-electron chi connectivity index (χ2n) is 6.41. The summed E-state index contributed by atoms with van der Waals surface area (Å²) in [6.07, 6.45) is 0. The summed E-state index contributed by atoms with van der Waals surface area (Å²) >= 11 is 0. The molecule has 1 aromatic carbocycles. The Morgan fingerprint density at radius 2 is 1.25 bits per heavy atom. The molecule has 0 atom stereocenters. The first-order valence-electron chi connectivity index (χ1n) is 6.03. The Morgan fingerprint density at radius 1 is 0.812 bits per heavy atom. The third-order valence-electron chi connectivity index (χ3n) is 2.80. The molecule has 0 unspecified atom stereocenters. The molecular formula is C15H25N. The fourth-order valence-corrected chi connectivity index (χ4v) is 2.25. The molecule has 1 heteroatoms. The van der Waals surface area contributed by atoms with E-state index in [1.54, 1.807) is 0 Å². The molecule has 0 radical (unpaired) electrons. The zero-order valence-electron chi connectivity index (χ0n) is 11.5. The van der Waals surface area contributed by atoms with E-state index in [9.17, 15) is 0 Å². The number of rotatable bonds is 2. The highest BCUT2D eigenvalue weighted by Gasteiger charge is 2.31. The molecule has 0 bridgehead atoms. The van der Waals surface area contributed by atoms with Crippen molar-refractivity contribution in [1.29, 1.82) is 0 Å². The maximum absolute atomic E-state index is 2.54. The van der Waals surface area contributed by atoms with E-state index in [1.807, 2.05) is 0 Å². The first-order chi connectivity index (χ1) is 7.21. The summed E-state index contributed by atoms with van der Waals surface area (Å²) in [6.45, 7) is 14.7. The molecule has 0 spiro atoms. The highest BCUT2D eigenvalue weighted by Crippen LogP contribution is 2.26. The minimum atomic E-state index is 0.189. The highest BCUT2D eigenvalue weighted by molar-refractivity contribution is 5.15. The predicted octanol–water partition coefficient (Wildman–Crippen LogP) is 4.09. The van der Waals surface area contributed by atoms with Gasteiger partial charge in [0.1, 0.15) is 0 Å². The molecule has 0 N–H and O–H groups in total. The first-order valence-corrected chi connectivity index (χ1v) is 6.03. The quantitative estimate of drug-likeness (QED) is 0.724. The Kier molecular flexibility index (Phi) is 3.80. The van der Waals surface area contributed by atoms with Gasteiger partial charge in [0.15, 0.2) is 0 Å². The fourth-order valence-electron chi connectivity index (χ4n) is 2.25. The van der Waals surface area contributed by atoms with Gasteiger partial charge in [-0.1, -0.05) is 30.3 Å². The van der Waals surface area contributed by atoms with Crippen LogP contribution in [0.3, 0.4) is 0 Å². The van der Waals surface area contributed by atoms with E-state index >= 15 is 0 Å². The van der Waals surface area contributed by atoms with E-state index in [2.05, 4.69) is 76.8 Å². The predicted molar refractivity (Wildman–Crippen MR) is 71.5 cm³/mol.